The van der Waals surface area contributed by atoms with Crippen molar-refractivity contribution < 1.29 is 13.6 Å². The Morgan fingerprint density at radius 3 is 2.79 bits per heavy atom. The van der Waals surface area contributed by atoms with E-state index in [1.165, 1.54) is 18.2 Å². The predicted molar refractivity (Wildman–Crippen MR) is 86.9 cm³/mol. The Hall–Kier alpha value is -3.02. The minimum Gasteiger partial charge on any atom is -0.421 e. The van der Waals surface area contributed by atoms with Crippen LogP contribution < -0.4 is 5.32 Å². The van der Waals surface area contributed by atoms with Crippen LogP contribution in [0.5, 0.6) is 0 Å². The van der Waals surface area contributed by atoms with E-state index < -0.39 is 11.7 Å². The zero-order valence-corrected chi connectivity index (χ0v) is 13.1. The molecule has 1 N–H and O–H groups in total. The third-order valence-corrected chi connectivity index (χ3v) is 3.47. The summed E-state index contributed by atoms with van der Waals surface area (Å²) in [6.07, 6.45) is 0.374. The number of hydrogen-bond acceptors (Lipinski definition) is 4. The zero-order valence-electron chi connectivity index (χ0n) is 13.1. The highest BCUT2D eigenvalue weighted by molar-refractivity contribution is 5.94. The molecule has 0 saturated carbocycles. The Morgan fingerprint density at radius 1 is 1.17 bits per heavy atom. The van der Waals surface area contributed by atoms with Crippen LogP contribution >= 0.6 is 0 Å². The maximum Gasteiger partial charge on any atom is 0.254 e. The van der Waals surface area contributed by atoms with Crippen molar-refractivity contribution in [2.24, 2.45) is 0 Å². The second kappa shape index (κ2) is 7.04. The molecule has 24 heavy (non-hydrogen) atoms. The highest BCUT2D eigenvalue weighted by Crippen LogP contribution is 2.18. The summed E-state index contributed by atoms with van der Waals surface area (Å²) in [5.41, 5.74) is 1.97. The molecule has 5 nitrogen and oxygen atoms in total. The molecule has 0 aliphatic heterocycles. The lowest BCUT2D eigenvalue weighted by molar-refractivity contribution is 0.0949. The molecular weight excluding hydrogens is 309 g/mol. The summed E-state index contributed by atoms with van der Waals surface area (Å²) in [5.74, 6) is -0.157. The number of nitrogens with one attached hydrogen (secondary N) is 1. The SMILES string of the molecule is Cc1cccc(-c2nnc(CCNC(=O)c3ccccc3F)o2)c1. The van der Waals surface area contributed by atoms with Gasteiger partial charge in [0.1, 0.15) is 5.82 Å². The van der Waals surface area contributed by atoms with Crippen LogP contribution in [0.3, 0.4) is 0 Å². The van der Waals surface area contributed by atoms with Gasteiger partial charge in [-0.1, -0.05) is 29.8 Å². The lowest BCUT2D eigenvalue weighted by atomic mass is 10.1. The third kappa shape index (κ3) is 3.65. The Bertz CT molecular complexity index is 861. The van der Waals surface area contributed by atoms with Crippen LogP contribution in [-0.2, 0) is 6.42 Å². The van der Waals surface area contributed by atoms with Gasteiger partial charge in [0.15, 0.2) is 0 Å². The minimum absolute atomic E-state index is 0.0171. The van der Waals surface area contributed by atoms with E-state index in [1.807, 2.05) is 31.2 Å². The number of hydrogen-bond donors (Lipinski definition) is 1. The quantitative estimate of drug-likeness (QED) is 0.782. The smallest absolute Gasteiger partial charge is 0.254 e. The number of aryl methyl sites for hydroxylation is 1. The Morgan fingerprint density at radius 2 is 2.00 bits per heavy atom. The second-order valence-electron chi connectivity index (χ2n) is 5.36. The van der Waals surface area contributed by atoms with Gasteiger partial charge in [0, 0.05) is 18.5 Å². The van der Waals surface area contributed by atoms with E-state index >= 15 is 0 Å². The average molecular weight is 325 g/mol. The van der Waals surface area contributed by atoms with E-state index in [0.29, 0.717) is 18.2 Å². The number of carbonyl (C=O) groups excluding carboxylic acids is 1. The fourth-order valence-electron chi connectivity index (χ4n) is 2.27. The van der Waals surface area contributed by atoms with Gasteiger partial charge in [-0.05, 0) is 31.2 Å². The van der Waals surface area contributed by atoms with Gasteiger partial charge in [0.25, 0.3) is 5.91 Å². The molecule has 0 atom stereocenters. The van der Waals surface area contributed by atoms with Crippen LogP contribution in [-0.4, -0.2) is 22.6 Å². The first-order chi connectivity index (χ1) is 11.6. The number of aromatic nitrogens is 2. The van der Waals surface area contributed by atoms with Crippen molar-refractivity contribution >= 4 is 5.91 Å². The molecule has 0 radical (unpaired) electrons. The molecule has 1 aromatic heterocycles. The van der Waals surface area contributed by atoms with E-state index in [9.17, 15) is 9.18 Å². The van der Waals surface area contributed by atoms with Gasteiger partial charge in [0.2, 0.25) is 11.8 Å². The van der Waals surface area contributed by atoms with E-state index in [2.05, 4.69) is 15.5 Å². The summed E-state index contributed by atoms with van der Waals surface area (Å²) in [7, 11) is 0. The first kappa shape index (κ1) is 15.9. The van der Waals surface area contributed by atoms with E-state index in [4.69, 9.17) is 4.42 Å². The molecular formula is C18H16FN3O2. The molecule has 1 amide bonds. The van der Waals surface area contributed by atoms with Crippen LogP contribution in [0.2, 0.25) is 0 Å². The lowest BCUT2D eigenvalue weighted by Crippen LogP contribution is -2.26. The highest BCUT2D eigenvalue weighted by Gasteiger charge is 2.12. The standard InChI is InChI=1S/C18H16FN3O2/c1-12-5-4-6-13(11-12)18-22-21-16(24-18)9-10-20-17(23)14-7-2-3-8-15(14)19/h2-8,11H,9-10H2,1H3,(H,20,23). The molecule has 0 aliphatic rings. The molecule has 0 saturated heterocycles. The van der Waals surface area contributed by atoms with Crippen molar-refractivity contribution in [3.05, 3.63) is 71.4 Å². The largest absolute Gasteiger partial charge is 0.421 e. The molecule has 0 unspecified atom stereocenters. The van der Waals surface area contributed by atoms with Gasteiger partial charge in [-0.2, -0.15) is 0 Å². The first-order valence-corrected chi connectivity index (χ1v) is 7.55. The number of amides is 1. The average Bonchev–Trinajstić information content (AvgIpc) is 3.04. The van der Waals surface area contributed by atoms with Crippen molar-refractivity contribution in [2.75, 3.05) is 6.54 Å². The zero-order chi connectivity index (χ0) is 16.9. The van der Waals surface area contributed by atoms with E-state index in [-0.39, 0.29) is 12.1 Å². The predicted octanol–water partition coefficient (Wildman–Crippen LogP) is 3.16. The number of halogens is 1. The number of carbonyl (C=O) groups is 1. The summed E-state index contributed by atoms with van der Waals surface area (Å²) in [6.45, 7) is 2.27. The van der Waals surface area contributed by atoms with Gasteiger partial charge in [0.05, 0.1) is 5.56 Å². The molecule has 122 valence electrons. The van der Waals surface area contributed by atoms with Crippen LogP contribution in [0.25, 0.3) is 11.5 Å². The van der Waals surface area contributed by atoms with Crippen molar-refractivity contribution in [3.8, 4) is 11.5 Å². The van der Waals surface area contributed by atoms with Crippen LogP contribution in [0.1, 0.15) is 21.8 Å². The molecule has 3 rings (SSSR count). The molecule has 0 aliphatic carbocycles. The Kier molecular flexibility index (Phi) is 4.65. The molecule has 0 spiro atoms. The minimum atomic E-state index is -0.547. The van der Waals surface area contributed by atoms with Crippen LogP contribution in [0, 0.1) is 12.7 Å². The van der Waals surface area contributed by atoms with Gasteiger partial charge in [-0.3, -0.25) is 4.79 Å². The Balaban J connectivity index is 1.58. The van der Waals surface area contributed by atoms with Crippen molar-refractivity contribution in [1.29, 1.82) is 0 Å². The number of benzene rings is 2. The molecule has 0 bridgehead atoms. The molecule has 0 fully saturated rings. The summed E-state index contributed by atoms with van der Waals surface area (Å²) in [6, 6.07) is 13.6. The summed E-state index contributed by atoms with van der Waals surface area (Å²) >= 11 is 0. The first-order valence-electron chi connectivity index (χ1n) is 7.55. The van der Waals surface area contributed by atoms with Gasteiger partial charge < -0.3 is 9.73 Å². The monoisotopic (exact) mass is 325 g/mol. The summed E-state index contributed by atoms with van der Waals surface area (Å²) < 4.78 is 19.1. The van der Waals surface area contributed by atoms with Gasteiger partial charge >= 0.3 is 0 Å². The maximum atomic E-state index is 13.5. The Labute approximate surface area is 138 Å². The number of rotatable bonds is 5. The van der Waals surface area contributed by atoms with Crippen molar-refractivity contribution in [2.45, 2.75) is 13.3 Å². The maximum absolute atomic E-state index is 13.5. The number of nitrogens with zero attached hydrogens (tertiary/aromatic N) is 2. The molecule has 2 aromatic carbocycles. The van der Waals surface area contributed by atoms with E-state index in [0.717, 1.165) is 11.1 Å². The highest BCUT2D eigenvalue weighted by atomic mass is 19.1. The topological polar surface area (TPSA) is 68.0 Å². The summed E-state index contributed by atoms with van der Waals surface area (Å²) in [4.78, 5) is 11.9. The van der Waals surface area contributed by atoms with Gasteiger partial charge in [-0.15, -0.1) is 10.2 Å². The molecule has 6 heteroatoms. The summed E-state index contributed by atoms with van der Waals surface area (Å²) in [5, 5.41) is 10.6. The fourth-order valence-corrected chi connectivity index (χ4v) is 2.27. The van der Waals surface area contributed by atoms with Crippen molar-refractivity contribution in [3.63, 3.8) is 0 Å². The molecule has 3 aromatic rings. The van der Waals surface area contributed by atoms with Crippen LogP contribution in [0.15, 0.2) is 52.9 Å². The molecule has 1 heterocycles. The van der Waals surface area contributed by atoms with E-state index in [1.54, 1.807) is 6.07 Å². The van der Waals surface area contributed by atoms with Crippen molar-refractivity contribution in [1.82, 2.24) is 15.5 Å². The second-order valence-corrected chi connectivity index (χ2v) is 5.36. The van der Waals surface area contributed by atoms with Gasteiger partial charge in [-0.25, -0.2) is 4.39 Å². The lowest BCUT2D eigenvalue weighted by Gasteiger charge is -2.04. The van der Waals surface area contributed by atoms with Crippen LogP contribution in [0.4, 0.5) is 4.39 Å². The third-order valence-electron chi connectivity index (χ3n) is 3.47. The normalized spacial score (nSPS) is 10.6. The fraction of sp³-hybridized carbons (Fsp3) is 0.167.